The molecule has 0 N–H and O–H groups in total. The molecule has 3 aromatic rings. The average molecular weight is 715 g/mol. The van der Waals surface area contributed by atoms with Crippen molar-refractivity contribution < 1.29 is 4.74 Å². The number of rotatable bonds is 5. The molecular weight excluding hydrogens is 690 g/mol. The second-order valence-corrected chi connectivity index (χ2v) is 13.4. The Morgan fingerprint density at radius 1 is 1.24 bits per heavy atom. The van der Waals surface area contributed by atoms with Gasteiger partial charge in [-0.2, -0.15) is 5.26 Å². The summed E-state index contributed by atoms with van der Waals surface area (Å²) in [6, 6.07) is 14.3. The maximum atomic E-state index is 9.84. The van der Waals surface area contributed by atoms with Crippen molar-refractivity contribution in [3.8, 4) is 11.8 Å². The summed E-state index contributed by atoms with van der Waals surface area (Å²) in [6.07, 6.45) is 5.01. The number of ether oxygens (including phenoxy) is 1. The Hall–Kier alpha value is -1.15. The molecule has 34 heavy (non-hydrogen) atoms. The zero-order valence-corrected chi connectivity index (χ0v) is 25.2. The van der Waals surface area contributed by atoms with E-state index in [0.29, 0.717) is 17.5 Å². The van der Waals surface area contributed by atoms with Gasteiger partial charge in [0.15, 0.2) is 0 Å². The maximum absolute atomic E-state index is 9.84. The van der Waals surface area contributed by atoms with Gasteiger partial charge >= 0.3 is 0 Å². The molecule has 0 saturated heterocycles. The molecule has 1 aliphatic rings. The summed E-state index contributed by atoms with van der Waals surface area (Å²) in [4.78, 5) is 6.10. The molecule has 0 saturated carbocycles. The van der Waals surface area contributed by atoms with Crippen molar-refractivity contribution in [1.29, 1.82) is 5.26 Å². The molecule has 2 aromatic carbocycles. The normalized spacial score (nSPS) is 15.9. The third-order valence-electron chi connectivity index (χ3n) is 6.26. The summed E-state index contributed by atoms with van der Waals surface area (Å²) in [5.74, 6) is 1.49. The van der Waals surface area contributed by atoms with Crippen LogP contribution in [0.15, 0.2) is 41.4 Å². The van der Waals surface area contributed by atoms with E-state index in [9.17, 15) is 5.26 Å². The van der Waals surface area contributed by atoms with Gasteiger partial charge in [-0.3, -0.25) is 0 Å². The highest BCUT2D eigenvalue weighted by Crippen LogP contribution is 2.45. The predicted molar refractivity (Wildman–Crippen MR) is 159 cm³/mol. The minimum absolute atomic E-state index is 0.279. The van der Waals surface area contributed by atoms with E-state index < -0.39 is 0 Å². The molecule has 176 valence electrons. The van der Waals surface area contributed by atoms with Crippen LogP contribution in [0.2, 0.25) is 5.02 Å². The van der Waals surface area contributed by atoms with Gasteiger partial charge in [0.1, 0.15) is 23.4 Å². The van der Waals surface area contributed by atoms with E-state index >= 15 is 0 Å². The molecular formula is C27H25ClI2N2OS. The summed E-state index contributed by atoms with van der Waals surface area (Å²) in [5.41, 5.74) is 4.20. The lowest BCUT2D eigenvalue weighted by atomic mass is 9.72. The van der Waals surface area contributed by atoms with Crippen LogP contribution >= 0.6 is 68.1 Å². The Balaban J connectivity index is 1.54. The van der Waals surface area contributed by atoms with Crippen molar-refractivity contribution >= 4 is 79.3 Å². The van der Waals surface area contributed by atoms with E-state index in [1.807, 2.05) is 30.5 Å². The largest absolute Gasteiger partial charge is 0.487 e. The van der Waals surface area contributed by atoms with Gasteiger partial charge in [-0.25, -0.2) is 4.99 Å². The Morgan fingerprint density at radius 2 is 1.94 bits per heavy atom. The van der Waals surface area contributed by atoms with E-state index in [-0.39, 0.29) is 5.41 Å². The SMILES string of the molecule is CC(C)(C)[C@@H]1CCc2c(sc(N=Cc3cc(I)c(OCc4ccccc4Cl)c(I)c3)c2C#N)C1. The van der Waals surface area contributed by atoms with Crippen LogP contribution in [-0.4, -0.2) is 6.21 Å². The first-order valence-electron chi connectivity index (χ1n) is 11.1. The fourth-order valence-corrected chi connectivity index (χ4v) is 7.75. The van der Waals surface area contributed by atoms with Crippen LogP contribution in [-0.2, 0) is 19.4 Å². The molecule has 3 nitrogen and oxygen atoms in total. The number of nitrogens with zero attached hydrogens (tertiary/aromatic N) is 2. The van der Waals surface area contributed by atoms with Gasteiger partial charge in [0.05, 0.1) is 12.7 Å². The summed E-state index contributed by atoms with van der Waals surface area (Å²) in [7, 11) is 0. The quantitative estimate of drug-likeness (QED) is 0.196. The van der Waals surface area contributed by atoms with E-state index in [0.717, 1.165) is 53.8 Å². The van der Waals surface area contributed by atoms with Crippen LogP contribution < -0.4 is 4.74 Å². The van der Waals surface area contributed by atoms with Crippen LogP contribution in [0, 0.1) is 29.8 Å². The van der Waals surface area contributed by atoms with Crippen molar-refractivity contribution in [3.63, 3.8) is 0 Å². The Morgan fingerprint density at radius 3 is 2.59 bits per heavy atom. The van der Waals surface area contributed by atoms with Crippen molar-refractivity contribution in [3.05, 3.63) is 75.7 Å². The van der Waals surface area contributed by atoms with Crippen molar-refractivity contribution in [1.82, 2.24) is 0 Å². The standard InChI is InChI=1S/C27H25ClI2N2OS/c1-27(2,3)18-8-9-19-20(13-31)26(34-24(19)12-18)32-14-16-10-22(29)25(23(30)11-16)33-15-17-6-4-5-7-21(17)28/h4-7,10-11,14,18H,8-9,12,15H2,1-3H3/t18-/m1/s1. The lowest BCUT2D eigenvalue weighted by Crippen LogP contribution is -2.26. The molecule has 4 rings (SSSR count). The summed E-state index contributed by atoms with van der Waals surface area (Å²) >= 11 is 12.5. The fraction of sp³-hybridized carbons (Fsp3) is 0.333. The zero-order chi connectivity index (χ0) is 24.5. The Kier molecular flexibility index (Phi) is 8.28. The fourth-order valence-electron chi connectivity index (χ4n) is 4.21. The van der Waals surface area contributed by atoms with Gasteiger partial charge in [0.2, 0.25) is 0 Å². The van der Waals surface area contributed by atoms with Crippen LogP contribution in [0.5, 0.6) is 5.75 Å². The van der Waals surface area contributed by atoms with Crippen LogP contribution in [0.25, 0.3) is 0 Å². The lowest BCUT2D eigenvalue weighted by Gasteiger charge is -2.33. The van der Waals surface area contributed by atoms with E-state index in [4.69, 9.17) is 21.3 Å². The molecule has 1 atom stereocenters. The van der Waals surface area contributed by atoms with Crippen molar-refractivity contribution in [2.45, 2.75) is 46.6 Å². The maximum Gasteiger partial charge on any atom is 0.146 e. The highest BCUT2D eigenvalue weighted by atomic mass is 127. The average Bonchev–Trinajstić information content (AvgIpc) is 3.14. The van der Waals surface area contributed by atoms with E-state index in [1.165, 1.54) is 10.4 Å². The molecule has 0 aliphatic heterocycles. The van der Waals surface area contributed by atoms with Crippen LogP contribution in [0.1, 0.15) is 54.3 Å². The molecule has 0 fully saturated rings. The lowest BCUT2D eigenvalue weighted by molar-refractivity contribution is 0.218. The highest BCUT2D eigenvalue weighted by Gasteiger charge is 2.32. The predicted octanol–water partition coefficient (Wildman–Crippen LogP) is 8.96. The monoisotopic (exact) mass is 714 g/mol. The summed E-state index contributed by atoms with van der Waals surface area (Å²) < 4.78 is 8.12. The molecule has 1 aromatic heterocycles. The second kappa shape index (κ2) is 10.9. The number of hydrogen-bond donors (Lipinski definition) is 0. The van der Waals surface area contributed by atoms with Crippen molar-refractivity contribution in [2.75, 3.05) is 0 Å². The molecule has 0 spiro atoms. The third kappa shape index (κ3) is 5.80. The minimum Gasteiger partial charge on any atom is -0.487 e. The van der Waals surface area contributed by atoms with Gasteiger partial charge < -0.3 is 4.74 Å². The first-order valence-corrected chi connectivity index (χ1v) is 14.5. The molecule has 0 unspecified atom stereocenters. The Labute approximate surface area is 237 Å². The molecule has 1 heterocycles. The van der Waals surface area contributed by atoms with Gasteiger partial charge in [0, 0.05) is 21.7 Å². The second-order valence-electron chi connectivity index (χ2n) is 9.55. The number of hydrogen-bond acceptors (Lipinski definition) is 4. The van der Waals surface area contributed by atoms with Crippen molar-refractivity contribution in [2.24, 2.45) is 16.3 Å². The third-order valence-corrected chi connectivity index (χ3v) is 9.40. The zero-order valence-electron chi connectivity index (χ0n) is 19.3. The number of fused-ring (bicyclic) bond motifs is 1. The number of halogens is 3. The first kappa shape index (κ1) is 25.9. The minimum atomic E-state index is 0.279. The number of nitriles is 1. The van der Waals surface area contributed by atoms with E-state index in [2.05, 4.69) is 84.2 Å². The van der Waals surface area contributed by atoms with Gasteiger partial charge in [-0.05, 0) is 105 Å². The first-order chi connectivity index (χ1) is 16.2. The van der Waals surface area contributed by atoms with Gasteiger partial charge in [-0.15, -0.1) is 11.3 Å². The van der Waals surface area contributed by atoms with Gasteiger partial charge in [-0.1, -0.05) is 50.6 Å². The molecule has 0 amide bonds. The van der Waals surface area contributed by atoms with Crippen LogP contribution in [0.4, 0.5) is 5.00 Å². The summed E-state index contributed by atoms with van der Waals surface area (Å²) in [6.45, 7) is 7.35. The topological polar surface area (TPSA) is 45.4 Å². The number of aliphatic imine (C=N–C) groups is 1. The number of benzene rings is 2. The molecule has 0 radical (unpaired) electrons. The number of thiophene rings is 1. The smallest absolute Gasteiger partial charge is 0.146 e. The molecule has 1 aliphatic carbocycles. The van der Waals surface area contributed by atoms with E-state index in [1.54, 1.807) is 11.3 Å². The van der Waals surface area contributed by atoms with Crippen LogP contribution in [0.3, 0.4) is 0 Å². The molecule has 7 heteroatoms. The Bertz CT molecular complexity index is 1260. The van der Waals surface area contributed by atoms with Gasteiger partial charge in [0.25, 0.3) is 0 Å². The summed E-state index contributed by atoms with van der Waals surface area (Å²) in [5, 5.41) is 11.4. The molecule has 0 bridgehead atoms. The highest BCUT2D eigenvalue weighted by molar-refractivity contribution is 14.1.